The first-order chi connectivity index (χ1) is 5.79. The fourth-order valence-corrected chi connectivity index (χ4v) is 1.71. The molecule has 12 heavy (non-hydrogen) atoms. The first-order valence-corrected chi connectivity index (χ1v) is 4.13. The molecule has 62 valence electrons. The number of fused-ring (bicyclic) bond motifs is 1. The van der Waals surface area contributed by atoms with Crippen molar-refractivity contribution in [3.8, 4) is 0 Å². The molecule has 0 aromatic heterocycles. The molecule has 1 aliphatic rings. The van der Waals surface area contributed by atoms with Gasteiger partial charge in [0.15, 0.2) is 0 Å². The van der Waals surface area contributed by atoms with Gasteiger partial charge in [0, 0.05) is 0 Å². The minimum atomic E-state index is 0.678. The highest BCUT2D eigenvalue weighted by Gasteiger charge is 2.13. The summed E-state index contributed by atoms with van der Waals surface area (Å²) >= 11 is 0. The van der Waals surface area contributed by atoms with Gasteiger partial charge in [0.25, 0.3) is 0 Å². The highest BCUT2D eigenvalue weighted by molar-refractivity contribution is 5.70. The fourth-order valence-electron chi connectivity index (χ4n) is 1.71. The monoisotopic (exact) mass is 160 g/mol. The number of aryl methyl sites for hydroxylation is 1. The summed E-state index contributed by atoms with van der Waals surface area (Å²) in [6.45, 7) is 7.52. The van der Waals surface area contributed by atoms with Gasteiger partial charge in [-0.05, 0) is 29.2 Å². The average Bonchev–Trinajstić information content (AvgIpc) is 2.04. The third kappa shape index (κ3) is 1.07. The maximum absolute atomic E-state index is 5.36. The molecule has 0 atom stereocenters. The number of hydrogen-bond acceptors (Lipinski definition) is 1. The van der Waals surface area contributed by atoms with Gasteiger partial charge in [-0.3, -0.25) is 0 Å². The van der Waals surface area contributed by atoms with Crippen LogP contribution in [0.5, 0.6) is 0 Å². The van der Waals surface area contributed by atoms with Crippen LogP contribution in [0.3, 0.4) is 0 Å². The van der Waals surface area contributed by atoms with Crippen molar-refractivity contribution in [1.82, 2.24) is 0 Å². The van der Waals surface area contributed by atoms with E-state index in [4.69, 9.17) is 4.74 Å². The van der Waals surface area contributed by atoms with E-state index >= 15 is 0 Å². The zero-order valence-electron chi connectivity index (χ0n) is 7.26. The normalized spacial score (nSPS) is 15.9. The van der Waals surface area contributed by atoms with Gasteiger partial charge < -0.3 is 4.74 Å². The highest BCUT2D eigenvalue weighted by atomic mass is 16.5. The summed E-state index contributed by atoms with van der Waals surface area (Å²) in [5.74, 6) is 0. The lowest BCUT2D eigenvalue weighted by Crippen LogP contribution is -2.09. The summed E-state index contributed by atoms with van der Waals surface area (Å²) in [4.78, 5) is 0. The first kappa shape index (κ1) is 7.56. The molecule has 1 aromatic carbocycles. The average molecular weight is 160 g/mol. The molecule has 0 unspecified atom stereocenters. The fraction of sp³-hybridized carbons (Fsp3) is 0.273. The molecule has 0 bridgehead atoms. The molecular formula is C11H12O. The summed E-state index contributed by atoms with van der Waals surface area (Å²) in [6.07, 6.45) is 0. The summed E-state index contributed by atoms with van der Waals surface area (Å²) in [5.41, 5.74) is 4.99. The van der Waals surface area contributed by atoms with Gasteiger partial charge in [-0.1, -0.05) is 24.8 Å². The molecular weight excluding hydrogens is 148 g/mol. The van der Waals surface area contributed by atoms with Crippen molar-refractivity contribution in [2.24, 2.45) is 0 Å². The number of hydrogen-bond donors (Lipinski definition) is 0. The van der Waals surface area contributed by atoms with Gasteiger partial charge in [0.1, 0.15) is 0 Å². The Morgan fingerprint density at radius 2 is 2.17 bits per heavy atom. The van der Waals surface area contributed by atoms with Gasteiger partial charge >= 0.3 is 0 Å². The van der Waals surface area contributed by atoms with E-state index in [-0.39, 0.29) is 0 Å². The summed E-state index contributed by atoms with van der Waals surface area (Å²) in [5, 5.41) is 0. The molecule has 1 heterocycles. The highest BCUT2D eigenvalue weighted by Crippen LogP contribution is 2.26. The molecule has 0 saturated carbocycles. The molecule has 1 aliphatic heterocycles. The molecule has 0 N–H and O–H groups in total. The smallest absolute Gasteiger partial charge is 0.0727 e. The lowest BCUT2D eigenvalue weighted by atomic mass is 9.95. The summed E-state index contributed by atoms with van der Waals surface area (Å²) < 4.78 is 5.36. The third-order valence-corrected chi connectivity index (χ3v) is 2.25. The maximum atomic E-state index is 5.36. The Morgan fingerprint density at radius 3 is 2.92 bits per heavy atom. The van der Waals surface area contributed by atoms with Crippen molar-refractivity contribution in [2.75, 3.05) is 6.61 Å². The van der Waals surface area contributed by atoms with Crippen LogP contribution in [0, 0.1) is 6.92 Å². The van der Waals surface area contributed by atoms with Crippen molar-refractivity contribution in [3.63, 3.8) is 0 Å². The lowest BCUT2D eigenvalue weighted by molar-refractivity contribution is 0.146. The van der Waals surface area contributed by atoms with Crippen molar-refractivity contribution in [3.05, 3.63) is 41.5 Å². The van der Waals surface area contributed by atoms with Crippen LogP contribution < -0.4 is 0 Å². The Bertz CT molecular complexity index is 326. The van der Waals surface area contributed by atoms with Crippen LogP contribution in [0.2, 0.25) is 0 Å². The van der Waals surface area contributed by atoms with E-state index in [0.29, 0.717) is 6.61 Å². The van der Waals surface area contributed by atoms with Crippen molar-refractivity contribution in [1.29, 1.82) is 0 Å². The molecule has 0 fully saturated rings. The van der Waals surface area contributed by atoms with Crippen LogP contribution in [0.4, 0.5) is 0 Å². The second-order valence-electron chi connectivity index (χ2n) is 3.21. The van der Waals surface area contributed by atoms with Crippen LogP contribution in [0.25, 0.3) is 5.57 Å². The minimum Gasteiger partial charge on any atom is -0.372 e. The molecule has 2 rings (SSSR count). The van der Waals surface area contributed by atoms with Crippen LogP contribution in [-0.4, -0.2) is 6.61 Å². The third-order valence-electron chi connectivity index (χ3n) is 2.25. The zero-order valence-corrected chi connectivity index (χ0v) is 7.26. The van der Waals surface area contributed by atoms with Gasteiger partial charge in [-0.2, -0.15) is 0 Å². The molecule has 0 radical (unpaired) electrons. The first-order valence-electron chi connectivity index (χ1n) is 4.13. The Kier molecular flexibility index (Phi) is 1.74. The van der Waals surface area contributed by atoms with Crippen LogP contribution in [0.15, 0.2) is 24.8 Å². The summed E-state index contributed by atoms with van der Waals surface area (Å²) in [7, 11) is 0. The maximum Gasteiger partial charge on any atom is 0.0727 e. The van der Waals surface area contributed by atoms with Crippen molar-refractivity contribution in [2.45, 2.75) is 13.5 Å². The van der Waals surface area contributed by atoms with E-state index in [1.165, 1.54) is 16.7 Å². The van der Waals surface area contributed by atoms with E-state index in [1.807, 2.05) is 0 Å². The number of ether oxygens (including phenoxy) is 1. The van der Waals surface area contributed by atoms with Crippen molar-refractivity contribution >= 4 is 5.57 Å². The standard InChI is InChI=1S/C11H12O/c1-8-4-3-5-10-7-12-6-9(2)11(8)10/h3-5H,2,6-7H2,1H3. The van der Waals surface area contributed by atoms with Crippen molar-refractivity contribution < 1.29 is 4.74 Å². The van der Waals surface area contributed by atoms with Gasteiger partial charge in [0.05, 0.1) is 13.2 Å². The summed E-state index contributed by atoms with van der Waals surface area (Å²) in [6, 6.07) is 6.29. The number of benzene rings is 1. The van der Waals surface area contributed by atoms with Crippen LogP contribution in [0.1, 0.15) is 16.7 Å². The van der Waals surface area contributed by atoms with E-state index in [0.717, 1.165) is 12.2 Å². The SMILES string of the molecule is C=C1COCc2cccc(C)c21. The zero-order chi connectivity index (χ0) is 8.55. The topological polar surface area (TPSA) is 9.23 Å². The largest absolute Gasteiger partial charge is 0.372 e. The van der Waals surface area contributed by atoms with Gasteiger partial charge in [-0.15, -0.1) is 0 Å². The predicted molar refractivity (Wildman–Crippen MR) is 49.9 cm³/mol. The Labute approximate surface area is 72.7 Å². The molecule has 0 amide bonds. The molecule has 1 aromatic rings. The Morgan fingerprint density at radius 1 is 1.33 bits per heavy atom. The molecule has 0 spiro atoms. The minimum absolute atomic E-state index is 0.678. The lowest BCUT2D eigenvalue weighted by Gasteiger charge is -2.20. The number of rotatable bonds is 0. The van der Waals surface area contributed by atoms with E-state index in [9.17, 15) is 0 Å². The Balaban J connectivity index is 2.60. The second-order valence-corrected chi connectivity index (χ2v) is 3.21. The Hall–Kier alpha value is -1.08. The van der Waals surface area contributed by atoms with Gasteiger partial charge in [-0.25, -0.2) is 0 Å². The van der Waals surface area contributed by atoms with E-state index in [2.05, 4.69) is 31.7 Å². The molecule has 0 aliphatic carbocycles. The molecule has 1 nitrogen and oxygen atoms in total. The van der Waals surface area contributed by atoms with E-state index < -0.39 is 0 Å². The second kappa shape index (κ2) is 2.76. The van der Waals surface area contributed by atoms with E-state index in [1.54, 1.807) is 0 Å². The predicted octanol–water partition coefficient (Wildman–Crippen LogP) is 2.54. The van der Waals surface area contributed by atoms with Gasteiger partial charge in [0.2, 0.25) is 0 Å². The molecule has 0 saturated heterocycles. The molecule has 1 heteroatoms. The quantitative estimate of drug-likeness (QED) is 0.566. The van der Waals surface area contributed by atoms with Crippen LogP contribution in [-0.2, 0) is 11.3 Å². The van der Waals surface area contributed by atoms with Crippen LogP contribution >= 0.6 is 0 Å².